The van der Waals surface area contributed by atoms with Crippen molar-refractivity contribution >= 4 is 0 Å². The average molecular weight is 237 g/mol. The van der Waals surface area contributed by atoms with Gasteiger partial charge in [-0.25, -0.2) is 0 Å². The highest BCUT2D eigenvalue weighted by atomic mass is 16.3. The molecule has 1 heterocycles. The van der Waals surface area contributed by atoms with Gasteiger partial charge in [0, 0.05) is 6.54 Å². The lowest BCUT2D eigenvalue weighted by atomic mass is 9.94. The van der Waals surface area contributed by atoms with Crippen molar-refractivity contribution in [1.29, 1.82) is 0 Å². The van der Waals surface area contributed by atoms with Crippen LogP contribution in [0.2, 0.25) is 0 Å². The molecule has 1 saturated carbocycles. The van der Waals surface area contributed by atoms with Gasteiger partial charge in [0.25, 0.3) is 0 Å². The minimum absolute atomic E-state index is 0.164. The normalized spacial score (nSPS) is 22.0. The first-order valence-electron chi connectivity index (χ1n) is 6.69. The van der Waals surface area contributed by atoms with Crippen molar-refractivity contribution < 1.29 is 9.52 Å². The Bertz CT molecular complexity index is 313. The fourth-order valence-electron chi connectivity index (χ4n) is 2.54. The summed E-state index contributed by atoms with van der Waals surface area (Å²) in [6, 6.07) is 4.03. The van der Waals surface area contributed by atoms with Gasteiger partial charge in [-0.15, -0.1) is 0 Å². The molecule has 1 aliphatic rings. The summed E-state index contributed by atoms with van der Waals surface area (Å²) in [6.07, 6.45) is 8.34. The Hall–Kier alpha value is -0.800. The van der Waals surface area contributed by atoms with Crippen molar-refractivity contribution in [3.8, 4) is 0 Å². The molecule has 1 aromatic rings. The van der Waals surface area contributed by atoms with Gasteiger partial charge in [0.15, 0.2) is 0 Å². The predicted molar refractivity (Wildman–Crippen MR) is 67.8 cm³/mol. The number of nitrogens with one attached hydrogen (secondary N) is 1. The number of aliphatic hydroxyl groups is 1. The van der Waals surface area contributed by atoms with Crippen LogP contribution in [0.3, 0.4) is 0 Å². The minimum Gasteiger partial charge on any atom is -0.468 e. The van der Waals surface area contributed by atoms with Crippen molar-refractivity contribution in [2.45, 2.75) is 57.1 Å². The van der Waals surface area contributed by atoms with Crippen LogP contribution in [0, 0.1) is 0 Å². The molecule has 2 rings (SSSR count). The summed E-state index contributed by atoms with van der Waals surface area (Å²) < 4.78 is 5.35. The van der Waals surface area contributed by atoms with E-state index >= 15 is 0 Å². The number of hydrogen-bond acceptors (Lipinski definition) is 3. The lowest BCUT2D eigenvalue weighted by Gasteiger charge is -2.28. The SMILES string of the molecule is CC(NCC1(O)CCCCCC1)c1ccco1. The van der Waals surface area contributed by atoms with Crippen LogP contribution < -0.4 is 5.32 Å². The van der Waals surface area contributed by atoms with Crippen molar-refractivity contribution in [2.75, 3.05) is 6.54 Å². The number of hydrogen-bond donors (Lipinski definition) is 2. The Morgan fingerprint density at radius 1 is 1.35 bits per heavy atom. The molecule has 1 atom stereocenters. The van der Waals surface area contributed by atoms with Crippen LogP contribution in [0.5, 0.6) is 0 Å². The Labute approximate surface area is 103 Å². The zero-order valence-corrected chi connectivity index (χ0v) is 10.6. The summed E-state index contributed by atoms with van der Waals surface area (Å²) >= 11 is 0. The molecule has 3 nitrogen and oxygen atoms in total. The van der Waals surface area contributed by atoms with Crippen molar-refractivity contribution in [3.05, 3.63) is 24.2 Å². The van der Waals surface area contributed by atoms with Crippen molar-refractivity contribution in [1.82, 2.24) is 5.32 Å². The summed E-state index contributed by atoms with van der Waals surface area (Å²) in [7, 11) is 0. The first-order chi connectivity index (χ1) is 8.20. The van der Waals surface area contributed by atoms with Gasteiger partial charge in [-0.05, 0) is 31.9 Å². The molecular formula is C14H23NO2. The standard InChI is InChI=1S/C14H23NO2/c1-12(13-7-6-10-17-13)15-11-14(16)8-4-2-3-5-9-14/h6-7,10,12,15-16H,2-5,8-9,11H2,1H3. The van der Waals surface area contributed by atoms with Crippen LogP contribution in [-0.2, 0) is 0 Å². The molecule has 0 aliphatic heterocycles. The molecule has 1 unspecified atom stereocenters. The van der Waals surface area contributed by atoms with Crippen molar-refractivity contribution in [3.63, 3.8) is 0 Å². The lowest BCUT2D eigenvalue weighted by molar-refractivity contribution is 0.0226. The molecule has 0 saturated heterocycles. The van der Waals surface area contributed by atoms with Gasteiger partial charge in [-0.3, -0.25) is 0 Å². The maximum atomic E-state index is 10.5. The van der Waals surface area contributed by atoms with E-state index < -0.39 is 5.60 Å². The molecule has 0 spiro atoms. The molecule has 0 aromatic carbocycles. The van der Waals surface area contributed by atoms with Gasteiger partial charge in [0.2, 0.25) is 0 Å². The predicted octanol–water partition coefficient (Wildman–Crippen LogP) is 3.02. The highest BCUT2D eigenvalue weighted by Gasteiger charge is 2.28. The second-order valence-corrected chi connectivity index (χ2v) is 5.26. The molecule has 3 heteroatoms. The second kappa shape index (κ2) is 5.69. The van der Waals surface area contributed by atoms with E-state index in [2.05, 4.69) is 12.2 Å². The smallest absolute Gasteiger partial charge is 0.120 e. The summed E-state index contributed by atoms with van der Waals surface area (Å²) in [5.41, 5.74) is -0.517. The molecule has 1 fully saturated rings. The van der Waals surface area contributed by atoms with Gasteiger partial charge in [-0.2, -0.15) is 0 Å². The van der Waals surface area contributed by atoms with E-state index in [1.165, 1.54) is 12.8 Å². The van der Waals surface area contributed by atoms with Gasteiger partial charge < -0.3 is 14.8 Å². The average Bonchev–Trinajstić information content (AvgIpc) is 2.77. The van der Waals surface area contributed by atoms with Crippen LogP contribution in [0.15, 0.2) is 22.8 Å². The van der Waals surface area contributed by atoms with E-state index in [-0.39, 0.29) is 6.04 Å². The second-order valence-electron chi connectivity index (χ2n) is 5.26. The fraction of sp³-hybridized carbons (Fsp3) is 0.714. The van der Waals surface area contributed by atoms with Crippen LogP contribution in [-0.4, -0.2) is 17.3 Å². The van der Waals surface area contributed by atoms with Gasteiger partial charge in [0.1, 0.15) is 5.76 Å². The Kier molecular flexibility index (Phi) is 4.24. The van der Waals surface area contributed by atoms with Crippen molar-refractivity contribution in [2.24, 2.45) is 0 Å². The monoisotopic (exact) mass is 237 g/mol. The highest BCUT2D eigenvalue weighted by molar-refractivity contribution is 5.03. The van der Waals surface area contributed by atoms with E-state index in [1.54, 1.807) is 6.26 Å². The summed E-state index contributed by atoms with van der Waals surface area (Å²) in [5, 5.41) is 13.9. The minimum atomic E-state index is -0.517. The number of rotatable bonds is 4. The zero-order chi connectivity index (χ0) is 12.1. The molecule has 96 valence electrons. The molecule has 1 aromatic heterocycles. The third-order valence-corrected chi connectivity index (χ3v) is 3.74. The molecule has 1 aliphatic carbocycles. The molecule has 17 heavy (non-hydrogen) atoms. The Morgan fingerprint density at radius 2 is 2.06 bits per heavy atom. The van der Waals surface area contributed by atoms with Crippen LogP contribution in [0.1, 0.15) is 57.3 Å². The summed E-state index contributed by atoms with van der Waals surface area (Å²) in [4.78, 5) is 0. The fourth-order valence-corrected chi connectivity index (χ4v) is 2.54. The number of furan rings is 1. The van der Waals surface area contributed by atoms with E-state index in [0.717, 1.165) is 31.4 Å². The van der Waals surface area contributed by atoms with E-state index in [0.29, 0.717) is 6.54 Å². The van der Waals surface area contributed by atoms with E-state index in [9.17, 15) is 5.11 Å². The molecule has 0 bridgehead atoms. The van der Waals surface area contributed by atoms with Crippen LogP contribution in [0.4, 0.5) is 0 Å². The third kappa shape index (κ3) is 3.58. The van der Waals surface area contributed by atoms with E-state index in [1.807, 2.05) is 12.1 Å². The topological polar surface area (TPSA) is 45.4 Å². The molecule has 0 amide bonds. The highest BCUT2D eigenvalue weighted by Crippen LogP contribution is 2.27. The lowest BCUT2D eigenvalue weighted by Crippen LogP contribution is -2.41. The van der Waals surface area contributed by atoms with Gasteiger partial charge >= 0.3 is 0 Å². The molecule has 2 N–H and O–H groups in total. The first-order valence-corrected chi connectivity index (χ1v) is 6.69. The Morgan fingerprint density at radius 3 is 2.65 bits per heavy atom. The molecular weight excluding hydrogens is 214 g/mol. The van der Waals surface area contributed by atoms with Gasteiger partial charge in [-0.1, -0.05) is 25.7 Å². The quantitative estimate of drug-likeness (QED) is 0.791. The van der Waals surface area contributed by atoms with Crippen LogP contribution in [0.25, 0.3) is 0 Å². The van der Waals surface area contributed by atoms with E-state index in [4.69, 9.17) is 4.42 Å². The van der Waals surface area contributed by atoms with Gasteiger partial charge in [0.05, 0.1) is 17.9 Å². The summed E-state index contributed by atoms with van der Waals surface area (Å²) in [6.45, 7) is 2.73. The maximum Gasteiger partial charge on any atom is 0.120 e. The molecule has 0 radical (unpaired) electrons. The Balaban J connectivity index is 1.84. The largest absolute Gasteiger partial charge is 0.468 e. The maximum absolute atomic E-state index is 10.5. The third-order valence-electron chi connectivity index (χ3n) is 3.74. The zero-order valence-electron chi connectivity index (χ0n) is 10.6. The summed E-state index contributed by atoms with van der Waals surface area (Å²) in [5.74, 6) is 0.933. The first kappa shape index (κ1) is 12.7. The van der Waals surface area contributed by atoms with Crippen LogP contribution >= 0.6 is 0 Å².